The number of carbonyl (C=O) groups is 2. The van der Waals surface area contributed by atoms with Crippen LogP contribution < -0.4 is 5.32 Å². The second-order valence-corrected chi connectivity index (χ2v) is 5.03. The monoisotopic (exact) mass is 248 g/mol. The van der Waals surface area contributed by atoms with Gasteiger partial charge in [0.15, 0.2) is 0 Å². The number of anilines is 1. The van der Waals surface area contributed by atoms with Gasteiger partial charge in [0, 0.05) is 19.2 Å². The molecule has 2 amide bonds. The van der Waals surface area contributed by atoms with E-state index in [1.54, 1.807) is 4.68 Å². The fourth-order valence-corrected chi connectivity index (χ4v) is 2.40. The summed E-state index contributed by atoms with van der Waals surface area (Å²) in [6.45, 7) is 1.89. The van der Waals surface area contributed by atoms with E-state index in [0.29, 0.717) is 0 Å². The fourth-order valence-electron chi connectivity index (χ4n) is 2.40. The van der Waals surface area contributed by atoms with Gasteiger partial charge in [-0.15, -0.1) is 0 Å². The zero-order chi connectivity index (χ0) is 12.9. The summed E-state index contributed by atoms with van der Waals surface area (Å²) < 4.78 is 1.69. The molecule has 6 nitrogen and oxygen atoms in total. The Kier molecular flexibility index (Phi) is 2.39. The number of nitrogens with one attached hydrogen (secondary N) is 1. The highest BCUT2D eigenvalue weighted by atomic mass is 16.2. The summed E-state index contributed by atoms with van der Waals surface area (Å²) in [5.74, 6) is 0.622. The fraction of sp³-hybridized carbons (Fsp3) is 0.583. The summed E-state index contributed by atoms with van der Waals surface area (Å²) in [6, 6.07) is 1.59. The molecular weight excluding hydrogens is 232 g/mol. The van der Waals surface area contributed by atoms with Crippen LogP contribution in [0.2, 0.25) is 0 Å². The maximum absolute atomic E-state index is 12.1. The summed E-state index contributed by atoms with van der Waals surface area (Å²) in [5.41, 5.74) is 0.885. The maximum atomic E-state index is 12.1. The minimum Gasteiger partial charge on any atom is -0.358 e. The molecule has 0 spiro atoms. The van der Waals surface area contributed by atoms with Gasteiger partial charge in [-0.25, -0.2) is 0 Å². The first-order valence-corrected chi connectivity index (χ1v) is 6.19. The standard InChI is InChI=1S/C12H16N4O2/c1-7-5-10(15(2)14-7)13-9-6-11(17)16(12(9)18)8-3-4-8/h5,8-9,13H,3-4,6H2,1-2H3. The number of likely N-dealkylation sites (tertiary alicyclic amines) is 1. The Bertz CT molecular complexity index is 518. The van der Waals surface area contributed by atoms with Gasteiger partial charge in [0.2, 0.25) is 5.91 Å². The van der Waals surface area contributed by atoms with Crippen LogP contribution in [-0.2, 0) is 16.6 Å². The molecule has 1 aliphatic heterocycles. The normalized spacial score (nSPS) is 23.9. The van der Waals surface area contributed by atoms with Crippen LogP contribution in [-0.4, -0.2) is 38.6 Å². The highest BCUT2D eigenvalue weighted by molar-refractivity contribution is 6.07. The largest absolute Gasteiger partial charge is 0.358 e. The molecule has 2 heterocycles. The van der Waals surface area contributed by atoms with Crippen molar-refractivity contribution in [3.63, 3.8) is 0 Å². The van der Waals surface area contributed by atoms with Crippen molar-refractivity contribution in [2.45, 2.75) is 38.3 Å². The van der Waals surface area contributed by atoms with Crippen LogP contribution in [0.15, 0.2) is 6.07 Å². The summed E-state index contributed by atoms with van der Waals surface area (Å²) in [6.07, 6.45) is 2.16. The lowest BCUT2D eigenvalue weighted by Gasteiger charge is -2.14. The van der Waals surface area contributed by atoms with Crippen molar-refractivity contribution in [3.8, 4) is 0 Å². The number of amides is 2. The highest BCUT2D eigenvalue weighted by Crippen LogP contribution is 2.32. The molecule has 1 aliphatic carbocycles. The second-order valence-electron chi connectivity index (χ2n) is 5.03. The number of rotatable bonds is 3. The molecule has 1 saturated carbocycles. The number of carbonyl (C=O) groups excluding carboxylic acids is 2. The van der Waals surface area contributed by atoms with Gasteiger partial charge in [-0.05, 0) is 19.8 Å². The van der Waals surface area contributed by atoms with Gasteiger partial charge in [-0.1, -0.05) is 0 Å². The van der Waals surface area contributed by atoms with E-state index in [-0.39, 0.29) is 24.3 Å². The summed E-state index contributed by atoms with van der Waals surface area (Å²) in [4.78, 5) is 25.4. The first kappa shape index (κ1) is 11.3. The van der Waals surface area contributed by atoms with E-state index in [4.69, 9.17) is 0 Å². The predicted octanol–water partition coefficient (Wildman–Crippen LogP) is 0.430. The Hall–Kier alpha value is -1.85. The lowest BCUT2D eigenvalue weighted by molar-refractivity contribution is -0.139. The van der Waals surface area contributed by atoms with Gasteiger partial charge in [0.25, 0.3) is 5.91 Å². The first-order valence-electron chi connectivity index (χ1n) is 6.19. The lowest BCUT2D eigenvalue weighted by Crippen LogP contribution is -2.36. The second kappa shape index (κ2) is 3.83. The number of nitrogens with zero attached hydrogens (tertiary/aromatic N) is 3. The minimum absolute atomic E-state index is 0.0566. The van der Waals surface area contributed by atoms with Crippen LogP contribution in [0.5, 0.6) is 0 Å². The molecule has 1 unspecified atom stereocenters. The predicted molar refractivity (Wildman–Crippen MR) is 64.8 cm³/mol. The molecule has 3 rings (SSSR count). The molecular formula is C12H16N4O2. The molecule has 6 heteroatoms. The number of hydrogen-bond acceptors (Lipinski definition) is 4. The van der Waals surface area contributed by atoms with Gasteiger partial charge >= 0.3 is 0 Å². The average molecular weight is 248 g/mol. The van der Waals surface area contributed by atoms with Crippen molar-refractivity contribution in [1.82, 2.24) is 14.7 Å². The van der Waals surface area contributed by atoms with E-state index in [0.717, 1.165) is 24.4 Å². The molecule has 1 N–H and O–H groups in total. The molecule has 2 aliphatic rings. The average Bonchev–Trinajstić information content (AvgIpc) is 3.00. The summed E-state index contributed by atoms with van der Waals surface area (Å²) in [5, 5.41) is 7.32. The van der Waals surface area contributed by atoms with Crippen molar-refractivity contribution in [1.29, 1.82) is 0 Å². The highest BCUT2D eigenvalue weighted by Gasteiger charge is 2.46. The molecule has 2 fully saturated rings. The topological polar surface area (TPSA) is 67.2 Å². The molecule has 18 heavy (non-hydrogen) atoms. The molecule has 0 radical (unpaired) electrons. The van der Waals surface area contributed by atoms with Gasteiger partial charge in [0.1, 0.15) is 11.9 Å². The molecule has 1 aromatic heterocycles. The van der Waals surface area contributed by atoms with Crippen molar-refractivity contribution in [2.24, 2.45) is 7.05 Å². The van der Waals surface area contributed by atoms with Crippen LogP contribution in [0.25, 0.3) is 0 Å². The third kappa shape index (κ3) is 1.77. The minimum atomic E-state index is -0.437. The van der Waals surface area contributed by atoms with Gasteiger partial charge in [-0.3, -0.25) is 19.2 Å². The molecule has 0 bridgehead atoms. The van der Waals surface area contributed by atoms with Crippen LogP contribution >= 0.6 is 0 Å². The Morgan fingerprint density at radius 1 is 1.39 bits per heavy atom. The van der Waals surface area contributed by atoms with Crippen LogP contribution in [0.3, 0.4) is 0 Å². The van der Waals surface area contributed by atoms with Crippen LogP contribution in [0.1, 0.15) is 25.0 Å². The molecule has 1 aromatic rings. The molecule has 1 saturated heterocycles. The van der Waals surface area contributed by atoms with Crippen molar-refractivity contribution < 1.29 is 9.59 Å². The number of aryl methyl sites for hydroxylation is 2. The maximum Gasteiger partial charge on any atom is 0.252 e. The van der Waals surface area contributed by atoms with Gasteiger partial charge < -0.3 is 5.32 Å². The van der Waals surface area contributed by atoms with E-state index in [9.17, 15) is 9.59 Å². The zero-order valence-corrected chi connectivity index (χ0v) is 10.5. The quantitative estimate of drug-likeness (QED) is 0.788. The lowest BCUT2D eigenvalue weighted by atomic mass is 10.2. The first-order chi connectivity index (χ1) is 8.56. The van der Waals surface area contributed by atoms with E-state index in [1.165, 1.54) is 4.90 Å². The van der Waals surface area contributed by atoms with Crippen LogP contribution in [0, 0.1) is 6.92 Å². The molecule has 0 aromatic carbocycles. The Morgan fingerprint density at radius 2 is 2.11 bits per heavy atom. The van der Waals surface area contributed by atoms with Crippen molar-refractivity contribution in [3.05, 3.63) is 11.8 Å². The SMILES string of the molecule is Cc1cc(NC2CC(=O)N(C3CC3)C2=O)n(C)n1. The van der Waals surface area contributed by atoms with E-state index >= 15 is 0 Å². The van der Waals surface area contributed by atoms with Crippen LogP contribution in [0.4, 0.5) is 5.82 Å². The molecule has 96 valence electrons. The number of imide groups is 1. The molecule has 1 atom stereocenters. The van der Waals surface area contributed by atoms with Crippen molar-refractivity contribution in [2.75, 3.05) is 5.32 Å². The van der Waals surface area contributed by atoms with Crippen molar-refractivity contribution >= 4 is 17.6 Å². The smallest absolute Gasteiger partial charge is 0.252 e. The zero-order valence-electron chi connectivity index (χ0n) is 10.5. The van der Waals surface area contributed by atoms with Gasteiger partial charge in [-0.2, -0.15) is 5.10 Å². The number of aromatic nitrogens is 2. The Morgan fingerprint density at radius 3 is 2.67 bits per heavy atom. The van der Waals surface area contributed by atoms with E-state index < -0.39 is 6.04 Å². The summed E-state index contributed by atoms with van der Waals surface area (Å²) in [7, 11) is 1.81. The summed E-state index contributed by atoms with van der Waals surface area (Å²) >= 11 is 0. The third-order valence-electron chi connectivity index (χ3n) is 3.42. The number of hydrogen-bond donors (Lipinski definition) is 1. The van der Waals surface area contributed by atoms with Gasteiger partial charge in [0.05, 0.1) is 12.1 Å². The van der Waals surface area contributed by atoms with E-state index in [1.807, 2.05) is 20.0 Å². The third-order valence-corrected chi connectivity index (χ3v) is 3.42. The Labute approximate surface area is 105 Å². The van der Waals surface area contributed by atoms with E-state index in [2.05, 4.69) is 10.4 Å². The Balaban J connectivity index is 1.76.